The van der Waals surface area contributed by atoms with Crippen molar-refractivity contribution in [3.63, 3.8) is 0 Å². The topological polar surface area (TPSA) is 58.1 Å². The number of aryl methyl sites for hydroxylation is 1. The molecule has 27 heavy (non-hydrogen) atoms. The Balaban J connectivity index is 1.59. The molecule has 144 valence electrons. The average Bonchev–Trinajstić information content (AvgIpc) is 3.11. The molecule has 1 saturated heterocycles. The highest BCUT2D eigenvalue weighted by Gasteiger charge is 2.33. The number of benzene rings is 1. The van der Waals surface area contributed by atoms with Gasteiger partial charge in [0.05, 0.1) is 6.04 Å². The molecule has 8 heteroatoms. The van der Waals surface area contributed by atoms with Gasteiger partial charge >= 0.3 is 12.2 Å². The second kappa shape index (κ2) is 7.94. The van der Waals surface area contributed by atoms with Gasteiger partial charge in [-0.2, -0.15) is 13.2 Å². The van der Waals surface area contributed by atoms with Crippen molar-refractivity contribution < 1.29 is 18.0 Å². The Morgan fingerprint density at radius 1 is 1.26 bits per heavy atom. The first kappa shape index (κ1) is 19.1. The van der Waals surface area contributed by atoms with E-state index in [4.69, 9.17) is 0 Å². The van der Waals surface area contributed by atoms with Gasteiger partial charge in [-0.05, 0) is 31.4 Å². The minimum absolute atomic E-state index is 0.0262. The van der Waals surface area contributed by atoms with Crippen LogP contribution in [0.25, 0.3) is 0 Å². The first-order valence-corrected chi connectivity index (χ1v) is 8.86. The lowest BCUT2D eigenvalue weighted by Gasteiger charge is -2.25. The summed E-state index contributed by atoms with van der Waals surface area (Å²) in [5.41, 5.74) is 0.379. The highest BCUT2D eigenvalue weighted by Crippen LogP contribution is 2.31. The summed E-state index contributed by atoms with van der Waals surface area (Å²) in [6.45, 7) is 2.33. The van der Waals surface area contributed by atoms with Crippen molar-refractivity contribution in [1.29, 1.82) is 0 Å². The average molecular weight is 378 g/mol. The second-order valence-electron chi connectivity index (χ2n) is 6.55. The molecule has 5 nitrogen and oxygen atoms in total. The van der Waals surface area contributed by atoms with Gasteiger partial charge in [0, 0.05) is 25.2 Å². The summed E-state index contributed by atoms with van der Waals surface area (Å²) >= 11 is 0. The Labute approximate surface area is 155 Å². The lowest BCUT2D eigenvalue weighted by Crippen LogP contribution is -2.40. The molecule has 1 N–H and O–H groups in total. The van der Waals surface area contributed by atoms with Gasteiger partial charge in [-0.25, -0.2) is 14.8 Å². The minimum atomic E-state index is -4.51. The molecule has 1 aliphatic heterocycles. The molecule has 0 bridgehead atoms. The summed E-state index contributed by atoms with van der Waals surface area (Å²) in [5, 5.41) is 2.78. The minimum Gasteiger partial charge on any atom is -0.338 e. The highest BCUT2D eigenvalue weighted by atomic mass is 19.4. The Morgan fingerprint density at radius 3 is 2.70 bits per heavy atom. The number of nitrogens with zero attached hydrogens (tertiary/aromatic N) is 3. The van der Waals surface area contributed by atoms with Crippen LogP contribution in [0.5, 0.6) is 0 Å². The van der Waals surface area contributed by atoms with Crippen LogP contribution < -0.4 is 5.32 Å². The normalized spacial score (nSPS) is 17.2. The van der Waals surface area contributed by atoms with E-state index in [0.717, 1.165) is 24.5 Å². The third-order valence-corrected chi connectivity index (χ3v) is 4.51. The zero-order valence-electron chi connectivity index (χ0n) is 15.0. The SMILES string of the molecule is Cc1cc(C(F)(F)F)nc(CCNC(=O)N2CCCC2c2ccccc2)n1. The van der Waals surface area contributed by atoms with Crippen LogP contribution in [0, 0.1) is 6.92 Å². The first-order chi connectivity index (χ1) is 12.8. The van der Waals surface area contributed by atoms with E-state index < -0.39 is 11.9 Å². The van der Waals surface area contributed by atoms with Crippen molar-refractivity contribution in [2.75, 3.05) is 13.1 Å². The second-order valence-corrected chi connectivity index (χ2v) is 6.55. The van der Waals surface area contributed by atoms with Crippen molar-refractivity contribution in [3.8, 4) is 0 Å². The molecule has 2 amide bonds. The fourth-order valence-electron chi connectivity index (χ4n) is 3.30. The third-order valence-electron chi connectivity index (χ3n) is 4.51. The van der Waals surface area contributed by atoms with E-state index in [1.54, 1.807) is 4.90 Å². The number of carbonyl (C=O) groups is 1. The van der Waals surface area contributed by atoms with Crippen LogP contribution in [0.15, 0.2) is 36.4 Å². The number of hydrogen-bond acceptors (Lipinski definition) is 3. The zero-order chi connectivity index (χ0) is 19.4. The number of likely N-dealkylation sites (tertiary alicyclic amines) is 1. The predicted octanol–water partition coefficient (Wildman–Crippen LogP) is 3.89. The van der Waals surface area contributed by atoms with Crippen LogP contribution in [0.3, 0.4) is 0 Å². The fraction of sp³-hybridized carbons (Fsp3) is 0.421. The van der Waals surface area contributed by atoms with Crippen LogP contribution in [-0.4, -0.2) is 34.0 Å². The quantitative estimate of drug-likeness (QED) is 0.878. The molecule has 0 aliphatic carbocycles. The molecule has 0 saturated carbocycles. The van der Waals surface area contributed by atoms with Crippen molar-refractivity contribution in [2.24, 2.45) is 0 Å². The van der Waals surface area contributed by atoms with E-state index in [1.165, 1.54) is 6.92 Å². The Bertz CT molecular complexity index is 795. The number of amides is 2. The van der Waals surface area contributed by atoms with Gasteiger partial charge in [0.2, 0.25) is 0 Å². The van der Waals surface area contributed by atoms with E-state index in [9.17, 15) is 18.0 Å². The number of urea groups is 1. The molecule has 2 heterocycles. The largest absolute Gasteiger partial charge is 0.433 e. The summed E-state index contributed by atoms with van der Waals surface area (Å²) < 4.78 is 38.5. The van der Waals surface area contributed by atoms with Crippen LogP contribution in [-0.2, 0) is 12.6 Å². The number of rotatable bonds is 4. The van der Waals surface area contributed by atoms with E-state index in [1.807, 2.05) is 30.3 Å². The van der Waals surface area contributed by atoms with Crippen molar-refractivity contribution in [1.82, 2.24) is 20.2 Å². The molecule has 1 fully saturated rings. The Kier molecular flexibility index (Phi) is 5.62. The molecule has 1 aliphatic rings. The van der Waals surface area contributed by atoms with Gasteiger partial charge in [-0.1, -0.05) is 30.3 Å². The Morgan fingerprint density at radius 2 is 2.00 bits per heavy atom. The molecule has 1 atom stereocenters. The van der Waals surface area contributed by atoms with E-state index >= 15 is 0 Å². The molecule has 1 unspecified atom stereocenters. The van der Waals surface area contributed by atoms with E-state index in [0.29, 0.717) is 6.54 Å². The fourth-order valence-corrected chi connectivity index (χ4v) is 3.30. The number of nitrogens with one attached hydrogen (secondary N) is 1. The Hall–Kier alpha value is -2.64. The van der Waals surface area contributed by atoms with Gasteiger partial charge in [-0.3, -0.25) is 0 Å². The molecule has 1 aromatic carbocycles. The van der Waals surface area contributed by atoms with Gasteiger partial charge < -0.3 is 10.2 Å². The van der Waals surface area contributed by atoms with Crippen LogP contribution >= 0.6 is 0 Å². The monoisotopic (exact) mass is 378 g/mol. The van der Waals surface area contributed by atoms with E-state index in [-0.39, 0.29) is 36.6 Å². The first-order valence-electron chi connectivity index (χ1n) is 8.86. The standard InChI is InChI=1S/C19H21F3N4O/c1-13-12-16(19(20,21)22)25-17(24-13)9-10-23-18(27)26-11-5-8-15(26)14-6-3-2-4-7-14/h2-4,6-7,12,15H,5,8-11H2,1H3,(H,23,27). The molecule has 0 radical (unpaired) electrons. The van der Waals surface area contributed by atoms with E-state index in [2.05, 4.69) is 15.3 Å². The van der Waals surface area contributed by atoms with Gasteiger partial charge in [0.1, 0.15) is 11.5 Å². The zero-order valence-corrected chi connectivity index (χ0v) is 15.0. The van der Waals surface area contributed by atoms with Crippen molar-refractivity contribution in [2.45, 2.75) is 38.4 Å². The van der Waals surface area contributed by atoms with Crippen molar-refractivity contribution in [3.05, 3.63) is 59.2 Å². The summed E-state index contributed by atoms with van der Waals surface area (Å²) in [5.74, 6) is 0.0728. The predicted molar refractivity (Wildman–Crippen MR) is 94.0 cm³/mol. The molecular weight excluding hydrogens is 357 g/mol. The lowest BCUT2D eigenvalue weighted by molar-refractivity contribution is -0.141. The summed E-state index contributed by atoms with van der Waals surface area (Å²) in [6, 6.07) is 10.5. The van der Waals surface area contributed by atoms with Gasteiger partial charge in [0.15, 0.2) is 0 Å². The summed E-state index contributed by atoms with van der Waals surface area (Å²) in [6.07, 6.45) is -2.55. The number of alkyl halides is 3. The molecule has 2 aromatic rings. The summed E-state index contributed by atoms with van der Waals surface area (Å²) in [4.78, 5) is 21.9. The molecule has 0 spiro atoms. The highest BCUT2D eigenvalue weighted by molar-refractivity contribution is 5.75. The van der Waals surface area contributed by atoms with Crippen molar-refractivity contribution >= 4 is 6.03 Å². The third kappa shape index (κ3) is 4.75. The number of carbonyl (C=O) groups excluding carboxylic acids is 1. The maximum Gasteiger partial charge on any atom is 0.433 e. The number of hydrogen-bond donors (Lipinski definition) is 1. The number of halogens is 3. The number of aromatic nitrogens is 2. The molecule has 3 rings (SSSR count). The smallest absolute Gasteiger partial charge is 0.338 e. The maximum atomic E-state index is 12.8. The van der Waals surface area contributed by atoms with Crippen LogP contribution in [0.4, 0.5) is 18.0 Å². The maximum absolute atomic E-state index is 12.8. The lowest BCUT2D eigenvalue weighted by atomic mass is 10.1. The molecular formula is C19H21F3N4O. The van der Waals surface area contributed by atoms with Gasteiger partial charge in [-0.15, -0.1) is 0 Å². The molecule has 1 aromatic heterocycles. The van der Waals surface area contributed by atoms with Gasteiger partial charge in [0.25, 0.3) is 0 Å². The summed E-state index contributed by atoms with van der Waals surface area (Å²) in [7, 11) is 0. The van der Waals surface area contributed by atoms with Crippen LogP contribution in [0.1, 0.15) is 41.7 Å². The van der Waals surface area contributed by atoms with Crippen LogP contribution in [0.2, 0.25) is 0 Å².